The molecule has 2 aromatic carbocycles. The van der Waals surface area contributed by atoms with Crippen molar-refractivity contribution in [2.45, 2.75) is 33.1 Å². The van der Waals surface area contributed by atoms with Crippen molar-refractivity contribution in [3.05, 3.63) is 71.5 Å². The molecular formula is C24H28F2N4. The van der Waals surface area contributed by atoms with Gasteiger partial charge < -0.3 is 21.7 Å². The molecule has 0 saturated heterocycles. The molecule has 158 valence electrons. The molecule has 2 aromatic rings. The van der Waals surface area contributed by atoms with Gasteiger partial charge in [-0.2, -0.15) is 0 Å². The first-order valence-electron chi connectivity index (χ1n) is 10.0. The summed E-state index contributed by atoms with van der Waals surface area (Å²) in [5.74, 6) is -1.000. The summed E-state index contributed by atoms with van der Waals surface area (Å²) >= 11 is 0. The highest BCUT2D eigenvalue weighted by Gasteiger charge is 2.29. The second kappa shape index (κ2) is 8.22. The molecular weight excluding hydrogens is 382 g/mol. The van der Waals surface area contributed by atoms with Crippen molar-refractivity contribution >= 4 is 34.0 Å². The summed E-state index contributed by atoms with van der Waals surface area (Å²) in [4.78, 5) is 1.88. The van der Waals surface area contributed by atoms with Gasteiger partial charge in [0.15, 0.2) is 5.82 Å². The second-order valence-corrected chi connectivity index (χ2v) is 7.40. The van der Waals surface area contributed by atoms with E-state index in [4.69, 9.17) is 11.5 Å². The van der Waals surface area contributed by atoms with Crippen LogP contribution in [0.4, 0.5) is 37.2 Å². The number of nitrogen functional groups attached to an aromatic ring is 2. The summed E-state index contributed by atoms with van der Waals surface area (Å²) in [6, 6.07) is 4.72. The summed E-state index contributed by atoms with van der Waals surface area (Å²) in [5, 5.41) is 2.84. The van der Waals surface area contributed by atoms with Crippen LogP contribution < -0.4 is 21.7 Å². The lowest BCUT2D eigenvalue weighted by atomic mass is 9.87. The summed E-state index contributed by atoms with van der Waals surface area (Å²) in [6.45, 7) is 12.4. The third kappa shape index (κ3) is 3.43. The lowest BCUT2D eigenvalue weighted by Gasteiger charge is -2.34. The first-order chi connectivity index (χ1) is 14.2. The van der Waals surface area contributed by atoms with Crippen molar-refractivity contribution in [3.8, 4) is 0 Å². The largest absolute Gasteiger partial charge is 0.396 e. The summed E-state index contributed by atoms with van der Waals surface area (Å²) in [7, 11) is 1.63. The molecule has 3 rings (SSSR count). The fraction of sp³-hybridized carbons (Fsp3) is 0.250. The van der Waals surface area contributed by atoms with Crippen LogP contribution in [0.2, 0.25) is 0 Å². The average molecular weight is 411 g/mol. The maximum atomic E-state index is 14.9. The number of hydrogen-bond acceptors (Lipinski definition) is 4. The SMILES string of the molecule is C=C(CCC)C1=CN(c2cc(N)c(F)cc2CC)c2cc(NC)c(F)c(N)c2C1=C. The topological polar surface area (TPSA) is 67.3 Å². The molecule has 0 spiro atoms. The molecule has 1 heterocycles. The minimum atomic E-state index is -0.533. The predicted octanol–water partition coefficient (Wildman–Crippen LogP) is 6.14. The summed E-state index contributed by atoms with van der Waals surface area (Å²) in [6.07, 6.45) is 4.17. The quantitative estimate of drug-likeness (QED) is 0.501. The fourth-order valence-corrected chi connectivity index (χ4v) is 3.83. The van der Waals surface area contributed by atoms with E-state index in [1.165, 1.54) is 6.07 Å². The van der Waals surface area contributed by atoms with Crippen molar-refractivity contribution in [3.63, 3.8) is 0 Å². The average Bonchev–Trinajstić information content (AvgIpc) is 2.72. The Morgan fingerprint density at radius 3 is 2.43 bits per heavy atom. The monoisotopic (exact) mass is 410 g/mol. The highest BCUT2D eigenvalue weighted by atomic mass is 19.1. The number of halogens is 2. The molecule has 0 radical (unpaired) electrons. The molecule has 1 aliphatic rings. The maximum absolute atomic E-state index is 14.9. The third-order valence-corrected chi connectivity index (χ3v) is 5.46. The second-order valence-electron chi connectivity index (χ2n) is 7.40. The highest BCUT2D eigenvalue weighted by molar-refractivity contribution is 6.00. The lowest BCUT2D eigenvalue weighted by molar-refractivity contribution is 0.630. The van der Waals surface area contributed by atoms with E-state index in [9.17, 15) is 8.78 Å². The molecule has 1 aliphatic heterocycles. The van der Waals surface area contributed by atoms with E-state index in [0.717, 1.165) is 29.6 Å². The Bertz CT molecular complexity index is 1070. The zero-order valence-corrected chi connectivity index (χ0v) is 17.7. The molecule has 5 N–H and O–H groups in total. The van der Waals surface area contributed by atoms with Crippen LogP contribution in [0.15, 0.2) is 48.7 Å². The van der Waals surface area contributed by atoms with Gasteiger partial charge in [0, 0.05) is 24.4 Å². The van der Waals surface area contributed by atoms with E-state index < -0.39 is 11.6 Å². The van der Waals surface area contributed by atoms with E-state index in [0.29, 0.717) is 28.9 Å². The minimum Gasteiger partial charge on any atom is -0.396 e. The van der Waals surface area contributed by atoms with E-state index >= 15 is 0 Å². The first kappa shape index (κ1) is 21.4. The Labute approximate surface area is 176 Å². The Hall–Kier alpha value is -3.28. The number of allylic oxidation sites excluding steroid dienone is 3. The van der Waals surface area contributed by atoms with Crippen molar-refractivity contribution < 1.29 is 8.78 Å². The van der Waals surface area contributed by atoms with Gasteiger partial charge in [0.2, 0.25) is 0 Å². The van der Waals surface area contributed by atoms with Gasteiger partial charge in [-0.3, -0.25) is 0 Å². The molecule has 6 heteroatoms. The number of hydrogen-bond donors (Lipinski definition) is 3. The van der Waals surface area contributed by atoms with Crippen LogP contribution in [-0.4, -0.2) is 7.05 Å². The summed E-state index contributed by atoms with van der Waals surface area (Å²) in [5.41, 5.74) is 17.4. The van der Waals surface area contributed by atoms with Crippen LogP contribution in [-0.2, 0) is 6.42 Å². The van der Waals surface area contributed by atoms with Gasteiger partial charge in [0.25, 0.3) is 0 Å². The molecule has 0 saturated carbocycles. The minimum absolute atomic E-state index is 0.00915. The van der Waals surface area contributed by atoms with Crippen molar-refractivity contribution in [1.82, 2.24) is 0 Å². The fourth-order valence-electron chi connectivity index (χ4n) is 3.83. The van der Waals surface area contributed by atoms with E-state index in [2.05, 4.69) is 25.4 Å². The Kier molecular flexibility index (Phi) is 5.87. The van der Waals surface area contributed by atoms with Crippen LogP contribution in [0.1, 0.15) is 37.8 Å². The molecule has 0 unspecified atom stereocenters. The third-order valence-electron chi connectivity index (χ3n) is 5.46. The maximum Gasteiger partial charge on any atom is 0.169 e. The van der Waals surface area contributed by atoms with Gasteiger partial charge in [0.1, 0.15) is 5.82 Å². The normalized spacial score (nSPS) is 13.2. The number of nitrogens with two attached hydrogens (primary N) is 2. The Balaban J connectivity index is 2.36. The van der Waals surface area contributed by atoms with Crippen LogP contribution >= 0.6 is 0 Å². The first-order valence-corrected chi connectivity index (χ1v) is 10.0. The van der Waals surface area contributed by atoms with Gasteiger partial charge in [-0.1, -0.05) is 33.4 Å². The number of fused-ring (bicyclic) bond motifs is 1. The van der Waals surface area contributed by atoms with Crippen LogP contribution in [0, 0.1) is 11.6 Å². The number of nitrogens with zero attached hydrogens (tertiary/aromatic N) is 1. The van der Waals surface area contributed by atoms with Gasteiger partial charge in [0.05, 0.1) is 28.4 Å². The summed E-state index contributed by atoms with van der Waals surface area (Å²) < 4.78 is 29.0. The van der Waals surface area contributed by atoms with Crippen LogP contribution in [0.3, 0.4) is 0 Å². The highest BCUT2D eigenvalue weighted by Crippen LogP contribution is 2.48. The molecule has 0 aromatic heterocycles. The van der Waals surface area contributed by atoms with E-state index in [1.807, 2.05) is 18.0 Å². The standard InChI is InChI=1S/C24H28F2N4/c1-6-8-13(3)16-12-30(20-10-18(27)17(25)9-15(20)7-2)21-11-19(29-5)23(26)24(28)22(21)14(16)4/h9-12,29H,3-4,6-8,27-28H2,1-2,5H3. The smallest absolute Gasteiger partial charge is 0.169 e. The zero-order chi connectivity index (χ0) is 22.2. The van der Waals surface area contributed by atoms with E-state index in [1.54, 1.807) is 19.2 Å². The number of aryl methyl sites for hydroxylation is 1. The van der Waals surface area contributed by atoms with Crippen molar-refractivity contribution in [1.29, 1.82) is 0 Å². The number of rotatable bonds is 6. The van der Waals surface area contributed by atoms with Crippen LogP contribution in [0.5, 0.6) is 0 Å². The number of anilines is 5. The molecule has 0 amide bonds. The van der Waals surface area contributed by atoms with Crippen molar-refractivity contribution in [2.75, 3.05) is 28.7 Å². The zero-order valence-electron chi connectivity index (χ0n) is 17.7. The van der Waals surface area contributed by atoms with Crippen LogP contribution in [0.25, 0.3) is 5.57 Å². The molecule has 0 atom stereocenters. The molecule has 0 aliphatic carbocycles. The Morgan fingerprint density at radius 2 is 1.83 bits per heavy atom. The molecule has 4 nitrogen and oxygen atoms in total. The number of benzene rings is 2. The van der Waals surface area contributed by atoms with Crippen molar-refractivity contribution in [2.24, 2.45) is 0 Å². The van der Waals surface area contributed by atoms with Gasteiger partial charge in [-0.25, -0.2) is 8.78 Å². The molecule has 0 fully saturated rings. The van der Waals surface area contributed by atoms with Gasteiger partial charge >= 0.3 is 0 Å². The lowest BCUT2D eigenvalue weighted by Crippen LogP contribution is -2.21. The molecule has 0 bridgehead atoms. The van der Waals surface area contributed by atoms with Gasteiger partial charge in [-0.15, -0.1) is 0 Å². The van der Waals surface area contributed by atoms with Gasteiger partial charge in [-0.05, 0) is 47.8 Å². The van der Waals surface area contributed by atoms with E-state index in [-0.39, 0.29) is 17.1 Å². The molecule has 30 heavy (non-hydrogen) atoms. The number of nitrogens with one attached hydrogen (secondary N) is 1. The predicted molar refractivity (Wildman–Crippen MR) is 124 cm³/mol. The Morgan fingerprint density at radius 1 is 1.13 bits per heavy atom.